The van der Waals surface area contributed by atoms with Crippen LogP contribution in [0.3, 0.4) is 0 Å². The van der Waals surface area contributed by atoms with Gasteiger partial charge in [-0.3, -0.25) is 0 Å². The van der Waals surface area contributed by atoms with Gasteiger partial charge in [0.15, 0.2) is 0 Å². The van der Waals surface area contributed by atoms with Crippen molar-refractivity contribution in [2.45, 2.75) is 13.8 Å². The average molecular weight is 228 g/mol. The molecule has 0 bridgehead atoms. The van der Waals surface area contributed by atoms with Crippen molar-refractivity contribution in [3.8, 4) is 10.6 Å². The normalized spacial score (nSPS) is 11.1. The van der Waals surface area contributed by atoms with Gasteiger partial charge in [0.1, 0.15) is 5.65 Å². The average Bonchev–Trinajstić information content (AvgIpc) is 2.83. The lowest BCUT2D eigenvalue weighted by molar-refractivity contribution is 1.16. The molecule has 3 aromatic rings. The number of fused-ring (bicyclic) bond motifs is 1. The SMILES string of the molecule is Cc1ccc2nc(-c3ccc(C)s3)cn2c1. The molecule has 0 aromatic carbocycles. The van der Waals surface area contributed by atoms with Crippen LogP contribution in [0.5, 0.6) is 0 Å². The second kappa shape index (κ2) is 3.46. The Labute approximate surface area is 98.2 Å². The quantitative estimate of drug-likeness (QED) is 0.621. The fraction of sp³-hybridized carbons (Fsp3) is 0.154. The molecule has 16 heavy (non-hydrogen) atoms. The molecule has 0 radical (unpaired) electrons. The molecule has 80 valence electrons. The third kappa shape index (κ3) is 1.53. The first-order chi connectivity index (χ1) is 7.72. The van der Waals surface area contributed by atoms with E-state index in [4.69, 9.17) is 0 Å². The number of pyridine rings is 1. The molecule has 0 amide bonds. The van der Waals surface area contributed by atoms with Gasteiger partial charge in [-0.15, -0.1) is 11.3 Å². The molecule has 0 fully saturated rings. The van der Waals surface area contributed by atoms with Crippen molar-refractivity contribution in [1.29, 1.82) is 0 Å². The van der Waals surface area contributed by atoms with Crippen LogP contribution in [0.2, 0.25) is 0 Å². The molecule has 0 aliphatic heterocycles. The Kier molecular flexibility index (Phi) is 2.07. The molecule has 3 heterocycles. The Hall–Kier alpha value is -1.61. The van der Waals surface area contributed by atoms with E-state index in [9.17, 15) is 0 Å². The van der Waals surface area contributed by atoms with Crippen LogP contribution in [0.15, 0.2) is 36.7 Å². The first kappa shape index (κ1) is 9.60. The largest absolute Gasteiger partial charge is 0.306 e. The highest BCUT2D eigenvalue weighted by Crippen LogP contribution is 2.27. The van der Waals surface area contributed by atoms with Crippen LogP contribution >= 0.6 is 11.3 Å². The maximum Gasteiger partial charge on any atom is 0.137 e. The Morgan fingerprint density at radius 3 is 2.69 bits per heavy atom. The van der Waals surface area contributed by atoms with Gasteiger partial charge in [0.05, 0.1) is 10.6 Å². The molecule has 2 nitrogen and oxygen atoms in total. The van der Waals surface area contributed by atoms with Gasteiger partial charge in [-0.05, 0) is 37.6 Å². The molecule has 0 spiro atoms. The van der Waals surface area contributed by atoms with Crippen molar-refractivity contribution < 1.29 is 0 Å². The van der Waals surface area contributed by atoms with Crippen LogP contribution in [0, 0.1) is 13.8 Å². The Morgan fingerprint density at radius 1 is 1.06 bits per heavy atom. The zero-order valence-electron chi connectivity index (χ0n) is 9.27. The molecule has 0 saturated carbocycles. The molecule has 0 aliphatic carbocycles. The van der Waals surface area contributed by atoms with Gasteiger partial charge in [0, 0.05) is 17.3 Å². The minimum atomic E-state index is 1.01. The van der Waals surface area contributed by atoms with Gasteiger partial charge in [0.25, 0.3) is 0 Å². The third-order valence-electron chi connectivity index (χ3n) is 2.59. The molecule has 0 aliphatic rings. The molecule has 3 heteroatoms. The van der Waals surface area contributed by atoms with E-state index >= 15 is 0 Å². The number of aryl methyl sites for hydroxylation is 2. The van der Waals surface area contributed by atoms with Gasteiger partial charge < -0.3 is 4.40 Å². The molecule has 3 aromatic heterocycles. The standard InChI is InChI=1S/C13H12N2S/c1-9-3-6-13-14-11(8-15(13)7-9)12-5-4-10(2)16-12/h3-8H,1-2H3. The second-order valence-electron chi connectivity index (χ2n) is 4.01. The second-order valence-corrected chi connectivity index (χ2v) is 5.30. The number of imidazole rings is 1. The zero-order chi connectivity index (χ0) is 11.1. The summed E-state index contributed by atoms with van der Waals surface area (Å²) in [5, 5.41) is 0. The van der Waals surface area contributed by atoms with E-state index in [-0.39, 0.29) is 0 Å². The Balaban J connectivity index is 2.18. The topological polar surface area (TPSA) is 17.3 Å². The van der Waals surface area contributed by atoms with E-state index in [1.165, 1.54) is 15.3 Å². The number of hydrogen-bond acceptors (Lipinski definition) is 2. The van der Waals surface area contributed by atoms with Crippen molar-refractivity contribution in [2.75, 3.05) is 0 Å². The van der Waals surface area contributed by atoms with Crippen LogP contribution < -0.4 is 0 Å². The summed E-state index contributed by atoms with van der Waals surface area (Å²) < 4.78 is 2.08. The van der Waals surface area contributed by atoms with Crippen molar-refractivity contribution in [3.05, 3.63) is 47.1 Å². The van der Waals surface area contributed by atoms with Crippen molar-refractivity contribution in [3.63, 3.8) is 0 Å². The summed E-state index contributed by atoms with van der Waals surface area (Å²) >= 11 is 1.78. The van der Waals surface area contributed by atoms with Gasteiger partial charge in [-0.25, -0.2) is 4.98 Å². The van der Waals surface area contributed by atoms with Gasteiger partial charge >= 0.3 is 0 Å². The lowest BCUT2D eigenvalue weighted by atomic mass is 10.3. The molecule has 3 rings (SSSR count). The third-order valence-corrected chi connectivity index (χ3v) is 3.61. The highest BCUT2D eigenvalue weighted by molar-refractivity contribution is 7.15. The number of aromatic nitrogens is 2. The number of hydrogen-bond donors (Lipinski definition) is 0. The van der Waals surface area contributed by atoms with Crippen LogP contribution in [-0.2, 0) is 0 Å². The first-order valence-electron chi connectivity index (χ1n) is 5.24. The molecule has 0 unspecified atom stereocenters. The summed E-state index contributed by atoms with van der Waals surface area (Å²) in [6.45, 7) is 4.21. The lowest BCUT2D eigenvalue weighted by Gasteiger charge is -1.92. The maximum atomic E-state index is 4.61. The van der Waals surface area contributed by atoms with Crippen LogP contribution in [0.1, 0.15) is 10.4 Å². The molecule has 0 saturated heterocycles. The lowest BCUT2D eigenvalue weighted by Crippen LogP contribution is -1.82. The molecule has 0 atom stereocenters. The summed E-state index contributed by atoms with van der Waals surface area (Å²) in [4.78, 5) is 7.17. The summed E-state index contributed by atoms with van der Waals surface area (Å²) in [6.07, 6.45) is 4.19. The van der Waals surface area contributed by atoms with E-state index in [2.05, 4.69) is 59.9 Å². The highest BCUT2D eigenvalue weighted by atomic mass is 32.1. The summed E-state index contributed by atoms with van der Waals surface area (Å²) in [5.41, 5.74) is 3.31. The van der Waals surface area contributed by atoms with Crippen molar-refractivity contribution >= 4 is 17.0 Å². The monoisotopic (exact) mass is 228 g/mol. The van der Waals surface area contributed by atoms with E-state index in [0.29, 0.717) is 0 Å². The Bertz CT molecular complexity index is 649. The summed E-state index contributed by atoms with van der Waals surface area (Å²) in [6, 6.07) is 8.41. The fourth-order valence-electron chi connectivity index (χ4n) is 1.79. The van der Waals surface area contributed by atoms with Gasteiger partial charge in [0.2, 0.25) is 0 Å². The van der Waals surface area contributed by atoms with Crippen LogP contribution in [0.25, 0.3) is 16.2 Å². The van der Waals surface area contributed by atoms with E-state index in [1.807, 2.05) is 0 Å². The van der Waals surface area contributed by atoms with E-state index in [0.717, 1.165) is 11.3 Å². The van der Waals surface area contributed by atoms with E-state index in [1.54, 1.807) is 11.3 Å². The molecule has 0 N–H and O–H groups in total. The van der Waals surface area contributed by atoms with Crippen molar-refractivity contribution in [2.24, 2.45) is 0 Å². The highest BCUT2D eigenvalue weighted by Gasteiger charge is 2.05. The number of nitrogens with zero attached hydrogens (tertiary/aromatic N) is 2. The first-order valence-corrected chi connectivity index (χ1v) is 6.06. The van der Waals surface area contributed by atoms with Gasteiger partial charge in [-0.2, -0.15) is 0 Å². The summed E-state index contributed by atoms with van der Waals surface area (Å²) in [5.74, 6) is 0. The van der Waals surface area contributed by atoms with Crippen molar-refractivity contribution in [1.82, 2.24) is 9.38 Å². The molecular weight excluding hydrogens is 216 g/mol. The number of thiophene rings is 1. The predicted molar refractivity (Wildman–Crippen MR) is 68.0 cm³/mol. The fourth-order valence-corrected chi connectivity index (χ4v) is 2.62. The predicted octanol–water partition coefficient (Wildman–Crippen LogP) is 3.68. The maximum absolute atomic E-state index is 4.61. The van der Waals surface area contributed by atoms with Crippen LogP contribution in [-0.4, -0.2) is 9.38 Å². The smallest absolute Gasteiger partial charge is 0.137 e. The number of rotatable bonds is 1. The van der Waals surface area contributed by atoms with E-state index < -0.39 is 0 Å². The van der Waals surface area contributed by atoms with Crippen LogP contribution in [0.4, 0.5) is 0 Å². The minimum absolute atomic E-state index is 1.01. The molecular formula is C13H12N2S. The minimum Gasteiger partial charge on any atom is -0.306 e. The van der Waals surface area contributed by atoms with Gasteiger partial charge in [-0.1, -0.05) is 6.07 Å². The summed E-state index contributed by atoms with van der Waals surface area (Å²) in [7, 11) is 0. The Morgan fingerprint density at radius 2 is 1.94 bits per heavy atom. The zero-order valence-corrected chi connectivity index (χ0v) is 10.1.